The van der Waals surface area contributed by atoms with Crippen LogP contribution < -0.4 is 0 Å². The standard InChI is InChI=1S/C14H24N2O4S/c1-10(2)7-16-8-11(6-13(16)17)14(18)15(3)12-4-5-21(19,20)9-12/h10-12H,4-9H2,1-3H3/t11-,12+/m0/s1. The van der Waals surface area contributed by atoms with E-state index in [1.807, 2.05) is 13.8 Å². The minimum Gasteiger partial charge on any atom is -0.342 e. The Balaban J connectivity index is 1.96. The van der Waals surface area contributed by atoms with Gasteiger partial charge in [0.25, 0.3) is 0 Å². The number of carbonyl (C=O) groups is 2. The first-order valence-corrected chi connectivity index (χ1v) is 9.26. The molecule has 0 spiro atoms. The number of nitrogens with zero attached hydrogens (tertiary/aromatic N) is 2. The lowest BCUT2D eigenvalue weighted by Gasteiger charge is -2.26. The predicted octanol–water partition coefficient (Wildman–Crippen LogP) is 0.136. The normalized spacial score (nSPS) is 28.4. The summed E-state index contributed by atoms with van der Waals surface area (Å²) in [4.78, 5) is 27.7. The van der Waals surface area contributed by atoms with Gasteiger partial charge in [-0.05, 0) is 12.3 Å². The smallest absolute Gasteiger partial charge is 0.228 e. The van der Waals surface area contributed by atoms with Gasteiger partial charge in [0, 0.05) is 32.6 Å². The summed E-state index contributed by atoms with van der Waals surface area (Å²) in [7, 11) is -1.35. The molecule has 2 aliphatic rings. The molecule has 21 heavy (non-hydrogen) atoms. The van der Waals surface area contributed by atoms with E-state index in [4.69, 9.17) is 0 Å². The molecule has 2 heterocycles. The molecule has 0 unspecified atom stereocenters. The minimum atomic E-state index is -3.01. The third-order valence-electron chi connectivity index (χ3n) is 4.25. The van der Waals surface area contributed by atoms with E-state index in [0.29, 0.717) is 25.4 Å². The average Bonchev–Trinajstić information content (AvgIpc) is 2.91. The summed E-state index contributed by atoms with van der Waals surface area (Å²) in [6.07, 6.45) is 0.746. The van der Waals surface area contributed by atoms with Crippen molar-refractivity contribution >= 4 is 21.7 Å². The van der Waals surface area contributed by atoms with Gasteiger partial charge < -0.3 is 9.80 Å². The van der Waals surface area contributed by atoms with E-state index in [1.165, 1.54) is 0 Å². The molecule has 2 saturated heterocycles. The minimum absolute atomic E-state index is 0.0227. The van der Waals surface area contributed by atoms with Crippen LogP contribution in [-0.2, 0) is 19.4 Å². The van der Waals surface area contributed by atoms with Crippen molar-refractivity contribution < 1.29 is 18.0 Å². The van der Waals surface area contributed by atoms with Crippen LogP contribution in [-0.4, -0.2) is 67.7 Å². The maximum atomic E-state index is 12.5. The Bertz CT molecular complexity index is 529. The van der Waals surface area contributed by atoms with Crippen molar-refractivity contribution in [1.29, 1.82) is 0 Å². The van der Waals surface area contributed by atoms with Crippen molar-refractivity contribution in [2.45, 2.75) is 32.7 Å². The molecule has 6 nitrogen and oxygen atoms in total. The molecule has 0 N–H and O–H groups in total. The lowest BCUT2D eigenvalue weighted by Crippen LogP contribution is -2.42. The second-order valence-corrected chi connectivity index (χ2v) is 8.83. The first-order valence-electron chi connectivity index (χ1n) is 7.44. The lowest BCUT2D eigenvalue weighted by atomic mass is 10.1. The highest BCUT2D eigenvalue weighted by Crippen LogP contribution is 2.24. The summed E-state index contributed by atoms with van der Waals surface area (Å²) in [6, 6.07) is -0.239. The molecule has 7 heteroatoms. The zero-order valence-corrected chi connectivity index (χ0v) is 13.7. The van der Waals surface area contributed by atoms with Gasteiger partial charge in [0.15, 0.2) is 9.84 Å². The van der Waals surface area contributed by atoms with Gasteiger partial charge in [-0.25, -0.2) is 8.42 Å². The van der Waals surface area contributed by atoms with Crippen molar-refractivity contribution in [1.82, 2.24) is 9.80 Å². The van der Waals surface area contributed by atoms with E-state index in [9.17, 15) is 18.0 Å². The highest BCUT2D eigenvalue weighted by atomic mass is 32.2. The topological polar surface area (TPSA) is 74.8 Å². The quantitative estimate of drug-likeness (QED) is 0.739. The average molecular weight is 316 g/mol. The number of rotatable bonds is 4. The number of hydrogen-bond acceptors (Lipinski definition) is 4. The zero-order chi connectivity index (χ0) is 15.8. The number of carbonyl (C=O) groups excluding carboxylic acids is 2. The molecule has 2 atom stereocenters. The molecule has 2 fully saturated rings. The molecule has 0 aliphatic carbocycles. The second kappa shape index (κ2) is 5.94. The number of likely N-dealkylation sites (tertiary alicyclic amines) is 1. The molecule has 0 aromatic carbocycles. The first kappa shape index (κ1) is 16.3. The van der Waals surface area contributed by atoms with Crippen LogP contribution in [0.5, 0.6) is 0 Å². The van der Waals surface area contributed by atoms with Gasteiger partial charge in [0.05, 0.1) is 17.4 Å². The molecular weight excluding hydrogens is 292 g/mol. The van der Waals surface area contributed by atoms with E-state index < -0.39 is 9.84 Å². The van der Waals surface area contributed by atoms with Gasteiger partial charge >= 0.3 is 0 Å². The molecular formula is C14H24N2O4S. The van der Waals surface area contributed by atoms with E-state index in [1.54, 1.807) is 16.8 Å². The van der Waals surface area contributed by atoms with Gasteiger partial charge in [0.1, 0.15) is 0 Å². The highest BCUT2D eigenvalue weighted by Gasteiger charge is 2.39. The van der Waals surface area contributed by atoms with Crippen LogP contribution in [0.3, 0.4) is 0 Å². The summed E-state index contributed by atoms with van der Waals surface area (Å²) in [6.45, 7) is 5.21. The lowest BCUT2D eigenvalue weighted by molar-refractivity contribution is -0.136. The van der Waals surface area contributed by atoms with Gasteiger partial charge in [-0.2, -0.15) is 0 Å². The molecule has 120 valence electrons. The largest absolute Gasteiger partial charge is 0.342 e. The van der Waals surface area contributed by atoms with Gasteiger partial charge in [-0.15, -0.1) is 0 Å². The molecule has 0 aromatic heterocycles. The fourth-order valence-electron chi connectivity index (χ4n) is 3.10. The Kier molecular flexibility index (Phi) is 4.60. The summed E-state index contributed by atoms with van der Waals surface area (Å²) in [5.74, 6) is 0.167. The predicted molar refractivity (Wildman–Crippen MR) is 79.4 cm³/mol. The molecule has 0 bridgehead atoms. The Morgan fingerprint density at radius 2 is 2.10 bits per heavy atom. The Morgan fingerprint density at radius 1 is 1.43 bits per heavy atom. The van der Waals surface area contributed by atoms with Crippen molar-refractivity contribution in [3.05, 3.63) is 0 Å². The van der Waals surface area contributed by atoms with E-state index in [0.717, 1.165) is 0 Å². The van der Waals surface area contributed by atoms with E-state index in [2.05, 4.69) is 0 Å². The van der Waals surface area contributed by atoms with E-state index in [-0.39, 0.29) is 41.7 Å². The molecule has 0 aromatic rings. The molecule has 2 amide bonds. The summed E-state index contributed by atoms with van der Waals surface area (Å²) < 4.78 is 23.0. The van der Waals surface area contributed by atoms with Crippen LogP contribution >= 0.6 is 0 Å². The van der Waals surface area contributed by atoms with Crippen LogP contribution in [0.15, 0.2) is 0 Å². The number of hydrogen-bond donors (Lipinski definition) is 0. The fourth-order valence-corrected chi connectivity index (χ4v) is 4.88. The first-order chi connectivity index (χ1) is 9.69. The number of amides is 2. The zero-order valence-electron chi connectivity index (χ0n) is 12.9. The third-order valence-corrected chi connectivity index (χ3v) is 6.00. The second-order valence-electron chi connectivity index (χ2n) is 6.60. The molecule has 0 saturated carbocycles. The highest BCUT2D eigenvalue weighted by molar-refractivity contribution is 7.91. The fraction of sp³-hybridized carbons (Fsp3) is 0.857. The Labute approximate surface area is 126 Å². The molecule has 2 rings (SSSR count). The monoisotopic (exact) mass is 316 g/mol. The van der Waals surface area contributed by atoms with Crippen LogP contribution in [0.4, 0.5) is 0 Å². The van der Waals surface area contributed by atoms with E-state index >= 15 is 0 Å². The SMILES string of the molecule is CC(C)CN1C[C@@H](C(=O)N(C)[C@@H]2CCS(=O)(=O)C2)CC1=O. The Morgan fingerprint density at radius 3 is 2.62 bits per heavy atom. The number of sulfone groups is 1. The van der Waals surface area contributed by atoms with Crippen molar-refractivity contribution in [2.75, 3.05) is 31.6 Å². The van der Waals surface area contributed by atoms with Crippen LogP contribution in [0.2, 0.25) is 0 Å². The Hall–Kier alpha value is -1.11. The van der Waals surface area contributed by atoms with Gasteiger partial charge in [-0.1, -0.05) is 13.8 Å². The summed E-state index contributed by atoms with van der Waals surface area (Å²) in [5.41, 5.74) is 0. The van der Waals surface area contributed by atoms with Crippen LogP contribution in [0.1, 0.15) is 26.7 Å². The van der Waals surface area contributed by atoms with Crippen molar-refractivity contribution in [2.24, 2.45) is 11.8 Å². The van der Waals surface area contributed by atoms with Crippen LogP contribution in [0.25, 0.3) is 0 Å². The van der Waals surface area contributed by atoms with Crippen molar-refractivity contribution in [3.8, 4) is 0 Å². The molecule has 2 aliphatic heterocycles. The van der Waals surface area contributed by atoms with Crippen LogP contribution in [0, 0.1) is 11.8 Å². The van der Waals surface area contributed by atoms with Crippen molar-refractivity contribution in [3.63, 3.8) is 0 Å². The maximum absolute atomic E-state index is 12.5. The third kappa shape index (κ3) is 3.75. The summed E-state index contributed by atoms with van der Waals surface area (Å²) >= 11 is 0. The van der Waals surface area contributed by atoms with Gasteiger partial charge in [0.2, 0.25) is 11.8 Å². The van der Waals surface area contributed by atoms with Gasteiger partial charge in [-0.3, -0.25) is 9.59 Å². The molecule has 0 radical (unpaired) electrons. The summed E-state index contributed by atoms with van der Waals surface area (Å²) in [5, 5.41) is 0. The maximum Gasteiger partial charge on any atom is 0.228 e.